The smallest absolute Gasteiger partial charge is 0.269 e. The molecule has 0 aliphatic heterocycles. The fourth-order valence-corrected chi connectivity index (χ4v) is 1.84. The van der Waals surface area contributed by atoms with Gasteiger partial charge in [0.15, 0.2) is 0 Å². The summed E-state index contributed by atoms with van der Waals surface area (Å²) in [6, 6.07) is 8.58. The molecule has 1 aromatic carbocycles. The fraction of sp³-hybridized carbons (Fsp3) is 0.143. The van der Waals surface area contributed by atoms with Gasteiger partial charge in [0.2, 0.25) is 0 Å². The Morgan fingerprint density at radius 1 is 1.35 bits per heavy atom. The van der Waals surface area contributed by atoms with Crippen LogP contribution in [-0.4, -0.2) is 17.4 Å². The molecule has 0 fully saturated rings. The van der Waals surface area contributed by atoms with Crippen molar-refractivity contribution in [3.8, 4) is 0 Å². The summed E-state index contributed by atoms with van der Waals surface area (Å²) in [7, 11) is 0. The van der Waals surface area contributed by atoms with Gasteiger partial charge in [0, 0.05) is 24.1 Å². The van der Waals surface area contributed by atoms with Crippen molar-refractivity contribution in [2.24, 2.45) is 0 Å². The van der Waals surface area contributed by atoms with E-state index in [1.807, 2.05) is 6.92 Å². The van der Waals surface area contributed by atoms with Gasteiger partial charge in [-0.3, -0.25) is 9.78 Å². The van der Waals surface area contributed by atoms with E-state index in [0.29, 0.717) is 34.3 Å². The Hall–Kier alpha value is -2.27. The van der Waals surface area contributed by atoms with Gasteiger partial charge in [-0.05, 0) is 37.3 Å². The summed E-state index contributed by atoms with van der Waals surface area (Å²) in [6.07, 6.45) is 1.56. The van der Waals surface area contributed by atoms with E-state index in [1.54, 1.807) is 36.5 Å². The summed E-state index contributed by atoms with van der Waals surface area (Å²) < 4.78 is 0. The van der Waals surface area contributed by atoms with Crippen LogP contribution in [0.2, 0.25) is 5.02 Å². The highest BCUT2D eigenvalue weighted by Gasteiger charge is 2.07. The van der Waals surface area contributed by atoms with Crippen LogP contribution >= 0.6 is 11.6 Å². The zero-order valence-corrected chi connectivity index (χ0v) is 11.7. The predicted molar refractivity (Wildman–Crippen MR) is 81.4 cm³/mol. The third-order valence-corrected chi connectivity index (χ3v) is 2.93. The van der Waals surface area contributed by atoms with Crippen LogP contribution in [0.15, 0.2) is 36.5 Å². The minimum absolute atomic E-state index is 0.213. The van der Waals surface area contributed by atoms with Crippen molar-refractivity contribution >= 4 is 34.6 Å². The number of aromatic nitrogens is 1. The number of carbonyl (C=O) groups is 1. The average Bonchev–Trinajstić information content (AvgIpc) is 2.43. The number of benzene rings is 1. The molecule has 0 unspecified atom stereocenters. The molecule has 0 atom stereocenters. The summed E-state index contributed by atoms with van der Waals surface area (Å²) in [5.74, 6) is -0.213. The maximum Gasteiger partial charge on any atom is 0.269 e. The van der Waals surface area contributed by atoms with Crippen molar-refractivity contribution in [3.63, 3.8) is 0 Å². The lowest BCUT2D eigenvalue weighted by Crippen LogP contribution is -2.23. The first kappa shape index (κ1) is 14.1. The molecular weight excluding hydrogens is 276 g/mol. The standard InChI is InChI=1S/C14H15ClN4O/c1-2-17-14(20)13-8-10(5-6-18-13)19-12-7-9(16)3-4-11(12)15/h3-8H,2,16H2,1H3,(H,17,20)(H,18,19). The monoisotopic (exact) mass is 290 g/mol. The highest BCUT2D eigenvalue weighted by molar-refractivity contribution is 6.33. The lowest BCUT2D eigenvalue weighted by molar-refractivity contribution is 0.0951. The molecule has 0 radical (unpaired) electrons. The maximum absolute atomic E-state index is 11.7. The summed E-state index contributed by atoms with van der Waals surface area (Å²) in [5, 5.41) is 6.37. The molecule has 0 aliphatic carbocycles. The number of nitrogens with two attached hydrogens (primary N) is 1. The molecule has 5 nitrogen and oxygen atoms in total. The van der Waals surface area contributed by atoms with Crippen molar-refractivity contribution in [1.82, 2.24) is 10.3 Å². The lowest BCUT2D eigenvalue weighted by atomic mass is 10.2. The zero-order valence-electron chi connectivity index (χ0n) is 11.0. The number of halogens is 1. The molecular formula is C14H15ClN4O. The molecule has 0 saturated carbocycles. The second-order valence-electron chi connectivity index (χ2n) is 4.15. The number of nitrogens with zero attached hydrogens (tertiary/aromatic N) is 1. The second kappa shape index (κ2) is 6.25. The normalized spacial score (nSPS) is 10.1. The van der Waals surface area contributed by atoms with Gasteiger partial charge >= 0.3 is 0 Å². The molecule has 20 heavy (non-hydrogen) atoms. The second-order valence-corrected chi connectivity index (χ2v) is 4.56. The number of nitrogen functional groups attached to an aromatic ring is 1. The summed E-state index contributed by atoms with van der Waals surface area (Å²) >= 11 is 6.09. The highest BCUT2D eigenvalue weighted by atomic mass is 35.5. The molecule has 6 heteroatoms. The molecule has 0 bridgehead atoms. The minimum atomic E-state index is -0.213. The molecule has 1 amide bonds. The van der Waals surface area contributed by atoms with E-state index in [-0.39, 0.29) is 5.91 Å². The molecule has 0 aliphatic rings. The van der Waals surface area contributed by atoms with E-state index in [0.717, 1.165) is 0 Å². The molecule has 1 aromatic heterocycles. The highest BCUT2D eigenvalue weighted by Crippen LogP contribution is 2.27. The number of rotatable bonds is 4. The SMILES string of the molecule is CCNC(=O)c1cc(Nc2cc(N)ccc2Cl)ccn1. The van der Waals surface area contributed by atoms with E-state index in [4.69, 9.17) is 17.3 Å². The van der Waals surface area contributed by atoms with Crippen molar-refractivity contribution in [2.45, 2.75) is 6.92 Å². The van der Waals surface area contributed by atoms with E-state index >= 15 is 0 Å². The molecule has 4 N–H and O–H groups in total. The Kier molecular flexibility index (Phi) is 4.42. The Balaban J connectivity index is 2.23. The van der Waals surface area contributed by atoms with E-state index in [9.17, 15) is 4.79 Å². The third kappa shape index (κ3) is 3.39. The van der Waals surface area contributed by atoms with Gasteiger partial charge in [-0.25, -0.2) is 0 Å². The Bertz CT molecular complexity index is 630. The van der Waals surface area contributed by atoms with Gasteiger partial charge in [-0.1, -0.05) is 11.6 Å². The Morgan fingerprint density at radius 3 is 2.90 bits per heavy atom. The van der Waals surface area contributed by atoms with Crippen molar-refractivity contribution in [1.29, 1.82) is 0 Å². The topological polar surface area (TPSA) is 80.0 Å². The van der Waals surface area contributed by atoms with E-state index in [2.05, 4.69) is 15.6 Å². The number of hydrogen-bond donors (Lipinski definition) is 3. The number of anilines is 3. The van der Waals surface area contributed by atoms with Crippen molar-refractivity contribution < 1.29 is 4.79 Å². The number of nitrogens with one attached hydrogen (secondary N) is 2. The zero-order chi connectivity index (χ0) is 14.5. The van der Waals surface area contributed by atoms with Gasteiger partial charge in [-0.15, -0.1) is 0 Å². The first-order valence-corrected chi connectivity index (χ1v) is 6.54. The van der Waals surface area contributed by atoms with Crippen LogP contribution in [-0.2, 0) is 0 Å². The van der Waals surface area contributed by atoms with Crippen molar-refractivity contribution in [3.05, 3.63) is 47.2 Å². The third-order valence-electron chi connectivity index (χ3n) is 2.60. The number of hydrogen-bond acceptors (Lipinski definition) is 4. The minimum Gasteiger partial charge on any atom is -0.399 e. The maximum atomic E-state index is 11.7. The predicted octanol–water partition coefficient (Wildman–Crippen LogP) is 2.81. The van der Waals surface area contributed by atoms with Gasteiger partial charge in [-0.2, -0.15) is 0 Å². The van der Waals surface area contributed by atoms with Crippen LogP contribution in [0.4, 0.5) is 17.1 Å². The fourth-order valence-electron chi connectivity index (χ4n) is 1.68. The largest absolute Gasteiger partial charge is 0.399 e. The molecule has 0 saturated heterocycles. The quantitative estimate of drug-likeness (QED) is 0.757. The van der Waals surface area contributed by atoms with Crippen LogP contribution in [0.5, 0.6) is 0 Å². The summed E-state index contributed by atoms with van der Waals surface area (Å²) in [6.45, 7) is 2.41. The summed E-state index contributed by atoms with van der Waals surface area (Å²) in [4.78, 5) is 15.8. The van der Waals surface area contributed by atoms with Gasteiger partial charge in [0.05, 0.1) is 10.7 Å². The van der Waals surface area contributed by atoms with E-state index < -0.39 is 0 Å². The van der Waals surface area contributed by atoms with Crippen LogP contribution in [0, 0.1) is 0 Å². The molecule has 2 aromatic rings. The van der Waals surface area contributed by atoms with E-state index in [1.165, 1.54) is 0 Å². The first-order chi connectivity index (χ1) is 9.60. The van der Waals surface area contributed by atoms with Crippen LogP contribution in [0.25, 0.3) is 0 Å². The lowest BCUT2D eigenvalue weighted by Gasteiger charge is -2.10. The molecule has 0 spiro atoms. The number of carbonyl (C=O) groups excluding carboxylic acids is 1. The van der Waals surface area contributed by atoms with Gasteiger partial charge in [0.1, 0.15) is 5.69 Å². The van der Waals surface area contributed by atoms with Crippen LogP contribution in [0.3, 0.4) is 0 Å². The van der Waals surface area contributed by atoms with Gasteiger partial charge < -0.3 is 16.4 Å². The first-order valence-electron chi connectivity index (χ1n) is 6.16. The Morgan fingerprint density at radius 2 is 2.15 bits per heavy atom. The van der Waals surface area contributed by atoms with Crippen molar-refractivity contribution in [2.75, 3.05) is 17.6 Å². The number of amides is 1. The van der Waals surface area contributed by atoms with Gasteiger partial charge in [0.25, 0.3) is 5.91 Å². The molecule has 2 rings (SSSR count). The Labute approximate surface area is 122 Å². The number of pyridine rings is 1. The molecule has 1 heterocycles. The average molecular weight is 291 g/mol. The van der Waals surface area contributed by atoms with Crippen LogP contribution < -0.4 is 16.4 Å². The molecule has 104 valence electrons. The summed E-state index contributed by atoms with van der Waals surface area (Å²) in [5.41, 5.74) is 8.07. The van der Waals surface area contributed by atoms with Crippen LogP contribution in [0.1, 0.15) is 17.4 Å².